The Morgan fingerprint density at radius 3 is 2.76 bits per heavy atom. The molecule has 0 unspecified atom stereocenters. The predicted octanol–water partition coefficient (Wildman–Crippen LogP) is 3.16. The molecule has 0 saturated carbocycles. The minimum atomic E-state index is -0.356. The number of hydrogen-bond acceptors (Lipinski definition) is 4. The molecule has 0 spiro atoms. The number of aryl methyl sites for hydroxylation is 1. The van der Waals surface area contributed by atoms with Crippen molar-refractivity contribution in [1.29, 1.82) is 0 Å². The van der Waals surface area contributed by atoms with E-state index in [4.69, 9.17) is 4.74 Å². The molecule has 1 heterocycles. The number of rotatable bonds is 5. The Bertz CT molecular complexity index is 898. The molecule has 2 aromatic carbocycles. The van der Waals surface area contributed by atoms with Gasteiger partial charge in [-0.05, 0) is 30.7 Å². The fraction of sp³-hybridized carbons (Fsp3) is 0.105. The second-order valence-electron chi connectivity index (χ2n) is 5.51. The molecule has 3 rings (SSSR count). The van der Waals surface area contributed by atoms with Gasteiger partial charge < -0.3 is 4.74 Å². The molecule has 1 amide bonds. The summed E-state index contributed by atoms with van der Waals surface area (Å²) in [6.45, 7) is 2.02. The van der Waals surface area contributed by atoms with Crippen LogP contribution in [0.4, 0.5) is 0 Å². The molecular formula is C19H18N4O2. The number of benzene rings is 2. The van der Waals surface area contributed by atoms with Crippen LogP contribution in [0.2, 0.25) is 0 Å². The summed E-state index contributed by atoms with van der Waals surface area (Å²) < 4.78 is 5.14. The van der Waals surface area contributed by atoms with Gasteiger partial charge >= 0.3 is 0 Å². The summed E-state index contributed by atoms with van der Waals surface area (Å²) in [5, 5.41) is 10.9. The number of amides is 1. The average molecular weight is 334 g/mol. The minimum absolute atomic E-state index is 0.346. The third-order valence-corrected chi connectivity index (χ3v) is 3.64. The van der Waals surface area contributed by atoms with Crippen molar-refractivity contribution in [3.8, 4) is 17.0 Å². The quantitative estimate of drug-likeness (QED) is 0.556. The largest absolute Gasteiger partial charge is 0.497 e. The fourth-order valence-corrected chi connectivity index (χ4v) is 2.26. The van der Waals surface area contributed by atoms with Gasteiger partial charge in [0.05, 0.1) is 19.0 Å². The lowest BCUT2D eigenvalue weighted by Crippen LogP contribution is -2.18. The minimum Gasteiger partial charge on any atom is -0.497 e. The van der Waals surface area contributed by atoms with Crippen molar-refractivity contribution < 1.29 is 9.53 Å². The van der Waals surface area contributed by atoms with Gasteiger partial charge in [-0.25, -0.2) is 5.43 Å². The molecule has 0 atom stereocenters. The second-order valence-corrected chi connectivity index (χ2v) is 5.51. The monoisotopic (exact) mass is 334 g/mol. The first-order chi connectivity index (χ1) is 12.2. The predicted molar refractivity (Wildman–Crippen MR) is 96.8 cm³/mol. The van der Waals surface area contributed by atoms with Gasteiger partial charge in [-0.1, -0.05) is 42.0 Å². The van der Waals surface area contributed by atoms with Crippen molar-refractivity contribution in [2.24, 2.45) is 5.10 Å². The van der Waals surface area contributed by atoms with Gasteiger partial charge in [0.2, 0.25) is 0 Å². The zero-order chi connectivity index (χ0) is 17.6. The topological polar surface area (TPSA) is 79.4 Å². The van der Waals surface area contributed by atoms with Gasteiger partial charge in [-0.15, -0.1) is 0 Å². The van der Waals surface area contributed by atoms with E-state index in [0.717, 1.165) is 16.9 Å². The average Bonchev–Trinajstić information content (AvgIpc) is 3.12. The molecule has 2 N–H and O–H groups in total. The van der Waals surface area contributed by atoms with E-state index < -0.39 is 0 Å². The molecular weight excluding hydrogens is 316 g/mol. The number of methoxy groups -OCH3 is 1. The lowest BCUT2D eigenvalue weighted by Gasteiger charge is -2.00. The molecule has 0 bridgehead atoms. The van der Waals surface area contributed by atoms with E-state index in [-0.39, 0.29) is 5.91 Å². The third kappa shape index (κ3) is 4.11. The lowest BCUT2D eigenvalue weighted by molar-refractivity contribution is 0.0950. The number of nitrogens with zero attached hydrogens (tertiary/aromatic N) is 2. The molecule has 6 nitrogen and oxygen atoms in total. The van der Waals surface area contributed by atoms with Crippen molar-refractivity contribution in [2.75, 3.05) is 7.11 Å². The van der Waals surface area contributed by atoms with Crippen molar-refractivity contribution in [2.45, 2.75) is 6.92 Å². The molecule has 0 saturated heterocycles. The number of nitrogens with one attached hydrogen (secondary N) is 2. The highest BCUT2D eigenvalue weighted by atomic mass is 16.5. The third-order valence-electron chi connectivity index (χ3n) is 3.64. The SMILES string of the molecule is COc1cccc(C=NNC(=O)c2cc(-c3ccc(C)cc3)n[nH]2)c1. The normalized spacial score (nSPS) is 10.8. The van der Waals surface area contributed by atoms with Crippen molar-refractivity contribution in [3.05, 3.63) is 71.4 Å². The smallest absolute Gasteiger partial charge is 0.289 e. The van der Waals surface area contributed by atoms with Crippen LogP contribution < -0.4 is 10.2 Å². The highest BCUT2D eigenvalue weighted by Crippen LogP contribution is 2.18. The van der Waals surface area contributed by atoms with Crippen LogP contribution in [0.3, 0.4) is 0 Å². The summed E-state index contributed by atoms with van der Waals surface area (Å²) >= 11 is 0. The molecule has 0 aliphatic heterocycles. The molecule has 3 aromatic rings. The van der Waals surface area contributed by atoms with Gasteiger partial charge in [-0.3, -0.25) is 9.89 Å². The number of carbonyl (C=O) groups is 1. The number of aromatic amines is 1. The maximum atomic E-state index is 12.1. The van der Waals surface area contributed by atoms with E-state index in [0.29, 0.717) is 11.4 Å². The van der Waals surface area contributed by atoms with Crippen molar-refractivity contribution in [3.63, 3.8) is 0 Å². The van der Waals surface area contributed by atoms with E-state index in [1.165, 1.54) is 5.56 Å². The first-order valence-electron chi connectivity index (χ1n) is 7.75. The number of aromatic nitrogens is 2. The zero-order valence-electron chi connectivity index (χ0n) is 14.0. The van der Waals surface area contributed by atoms with Crippen LogP contribution in [0, 0.1) is 6.92 Å². The summed E-state index contributed by atoms with van der Waals surface area (Å²) in [4.78, 5) is 12.1. The molecule has 1 aromatic heterocycles. The van der Waals surface area contributed by atoms with Crippen LogP contribution >= 0.6 is 0 Å². The summed E-state index contributed by atoms with van der Waals surface area (Å²) in [6, 6.07) is 17.0. The summed E-state index contributed by atoms with van der Waals surface area (Å²) in [5.41, 5.74) is 6.47. The Balaban J connectivity index is 1.65. The summed E-state index contributed by atoms with van der Waals surface area (Å²) in [5.74, 6) is 0.372. The molecule has 6 heteroatoms. The van der Waals surface area contributed by atoms with Crippen LogP contribution in [-0.2, 0) is 0 Å². The standard InChI is InChI=1S/C19H18N4O2/c1-13-6-8-15(9-7-13)17-11-18(22-21-17)19(24)23-20-12-14-4-3-5-16(10-14)25-2/h3-12H,1-2H3,(H,21,22)(H,23,24). The number of ether oxygens (including phenoxy) is 1. The van der Waals surface area contributed by atoms with Gasteiger partial charge in [-0.2, -0.15) is 10.2 Å². The van der Waals surface area contributed by atoms with Crippen LogP contribution in [0.15, 0.2) is 59.7 Å². The highest BCUT2D eigenvalue weighted by molar-refractivity contribution is 5.94. The zero-order valence-corrected chi connectivity index (χ0v) is 14.0. The molecule has 126 valence electrons. The fourth-order valence-electron chi connectivity index (χ4n) is 2.26. The van der Waals surface area contributed by atoms with Crippen LogP contribution in [-0.4, -0.2) is 29.4 Å². The van der Waals surface area contributed by atoms with E-state index >= 15 is 0 Å². The van der Waals surface area contributed by atoms with Gasteiger partial charge in [0.1, 0.15) is 11.4 Å². The van der Waals surface area contributed by atoms with Gasteiger partial charge in [0.15, 0.2) is 0 Å². The first-order valence-corrected chi connectivity index (χ1v) is 7.75. The maximum absolute atomic E-state index is 12.1. The molecule has 0 aliphatic rings. The van der Waals surface area contributed by atoms with Crippen molar-refractivity contribution in [1.82, 2.24) is 15.6 Å². The lowest BCUT2D eigenvalue weighted by atomic mass is 10.1. The van der Waals surface area contributed by atoms with Crippen LogP contribution in [0.1, 0.15) is 21.6 Å². The Kier molecular flexibility index (Phi) is 4.89. The molecule has 0 fully saturated rings. The summed E-state index contributed by atoms with van der Waals surface area (Å²) in [7, 11) is 1.60. The number of hydrogen-bond donors (Lipinski definition) is 2. The molecule has 0 radical (unpaired) electrons. The number of hydrazone groups is 1. The van der Waals surface area contributed by atoms with E-state index in [1.807, 2.05) is 55.5 Å². The highest BCUT2D eigenvalue weighted by Gasteiger charge is 2.10. The first kappa shape index (κ1) is 16.4. The number of carbonyl (C=O) groups excluding carboxylic acids is 1. The maximum Gasteiger partial charge on any atom is 0.289 e. The second kappa shape index (κ2) is 7.44. The van der Waals surface area contributed by atoms with E-state index in [1.54, 1.807) is 19.4 Å². The van der Waals surface area contributed by atoms with Gasteiger partial charge in [0.25, 0.3) is 5.91 Å². The Hall–Kier alpha value is -3.41. The van der Waals surface area contributed by atoms with Crippen LogP contribution in [0.5, 0.6) is 5.75 Å². The molecule has 25 heavy (non-hydrogen) atoms. The Labute approximate surface area is 145 Å². The van der Waals surface area contributed by atoms with Gasteiger partial charge in [0, 0.05) is 5.56 Å². The Morgan fingerprint density at radius 1 is 1.20 bits per heavy atom. The Morgan fingerprint density at radius 2 is 2.00 bits per heavy atom. The van der Waals surface area contributed by atoms with E-state index in [9.17, 15) is 4.79 Å². The number of H-pyrrole nitrogens is 1. The van der Waals surface area contributed by atoms with Crippen LogP contribution in [0.25, 0.3) is 11.3 Å². The van der Waals surface area contributed by atoms with Crippen molar-refractivity contribution >= 4 is 12.1 Å². The van der Waals surface area contributed by atoms with E-state index in [2.05, 4.69) is 20.7 Å². The summed E-state index contributed by atoms with van der Waals surface area (Å²) in [6.07, 6.45) is 1.55. The molecule has 0 aliphatic carbocycles.